The molecule has 1 aromatic carbocycles. The standard InChI is InChI=1S/C13H17NO3/c1-13(17,12(15)16)8-14-11-6-9-4-2-3-5-10(9)7-11/h2-5,11,14,17H,6-8H2,1H3,(H,15,16). The predicted molar refractivity (Wildman–Crippen MR) is 63.9 cm³/mol. The van der Waals surface area contributed by atoms with E-state index >= 15 is 0 Å². The number of benzene rings is 1. The molecule has 0 aliphatic heterocycles. The lowest BCUT2D eigenvalue weighted by molar-refractivity contribution is -0.156. The van der Waals surface area contributed by atoms with Crippen LogP contribution >= 0.6 is 0 Å². The number of hydrogen-bond donors (Lipinski definition) is 3. The summed E-state index contributed by atoms with van der Waals surface area (Å²) in [5.74, 6) is -1.19. The van der Waals surface area contributed by atoms with Gasteiger partial charge in [-0.1, -0.05) is 24.3 Å². The van der Waals surface area contributed by atoms with Crippen LogP contribution < -0.4 is 5.32 Å². The van der Waals surface area contributed by atoms with Crippen molar-refractivity contribution in [3.05, 3.63) is 35.4 Å². The second-order valence-corrected chi connectivity index (χ2v) is 4.83. The highest BCUT2D eigenvalue weighted by molar-refractivity contribution is 5.76. The topological polar surface area (TPSA) is 69.6 Å². The molecule has 0 saturated carbocycles. The Morgan fingerprint density at radius 2 is 1.94 bits per heavy atom. The van der Waals surface area contributed by atoms with Gasteiger partial charge in [-0.05, 0) is 30.9 Å². The monoisotopic (exact) mass is 235 g/mol. The van der Waals surface area contributed by atoms with Gasteiger partial charge in [0, 0.05) is 12.6 Å². The second-order valence-electron chi connectivity index (χ2n) is 4.83. The summed E-state index contributed by atoms with van der Waals surface area (Å²) >= 11 is 0. The molecule has 0 aromatic heterocycles. The van der Waals surface area contributed by atoms with Gasteiger partial charge in [-0.15, -0.1) is 0 Å². The predicted octanol–water partition coefficient (Wildman–Crippen LogP) is 0.579. The van der Waals surface area contributed by atoms with E-state index in [0.717, 1.165) is 12.8 Å². The summed E-state index contributed by atoms with van der Waals surface area (Å²) in [4.78, 5) is 10.8. The SMILES string of the molecule is CC(O)(CNC1Cc2ccccc2C1)C(=O)O. The quantitative estimate of drug-likeness (QED) is 0.714. The third-order valence-electron chi connectivity index (χ3n) is 3.25. The van der Waals surface area contributed by atoms with Crippen LogP contribution in [0.25, 0.3) is 0 Å². The number of rotatable bonds is 4. The number of aliphatic hydroxyl groups is 1. The number of carbonyl (C=O) groups is 1. The first-order chi connectivity index (χ1) is 7.99. The van der Waals surface area contributed by atoms with E-state index in [1.54, 1.807) is 0 Å². The third kappa shape index (κ3) is 2.65. The normalized spacial score (nSPS) is 18.7. The highest BCUT2D eigenvalue weighted by Gasteiger charge is 2.31. The van der Waals surface area contributed by atoms with Crippen LogP contribution in [0.15, 0.2) is 24.3 Å². The third-order valence-corrected chi connectivity index (χ3v) is 3.25. The maximum absolute atomic E-state index is 10.8. The molecular formula is C13H17NO3. The fraction of sp³-hybridized carbons (Fsp3) is 0.462. The van der Waals surface area contributed by atoms with Crippen LogP contribution in [0.1, 0.15) is 18.1 Å². The Balaban J connectivity index is 1.91. The highest BCUT2D eigenvalue weighted by Crippen LogP contribution is 2.21. The summed E-state index contributed by atoms with van der Waals surface area (Å²) < 4.78 is 0. The Morgan fingerprint density at radius 3 is 2.41 bits per heavy atom. The lowest BCUT2D eigenvalue weighted by Gasteiger charge is -2.21. The van der Waals surface area contributed by atoms with E-state index in [4.69, 9.17) is 5.11 Å². The van der Waals surface area contributed by atoms with Gasteiger partial charge in [0.25, 0.3) is 0 Å². The zero-order valence-electron chi connectivity index (χ0n) is 9.81. The van der Waals surface area contributed by atoms with Crippen molar-refractivity contribution in [3.8, 4) is 0 Å². The van der Waals surface area contributed by atoms with Crippen molar-refractivity contribution in [1.29, 1.82) is 0 Å². The van der Waals surface area contributed by atoms with E-state index in [1.165, 1.54) is 18.1 Å². The summed E-state index contributed by atoms with van der Waals surface area (Å²) in [7, 11) is 0. The van der Waals surface area contributed by atoms with Crippen molar-refractivity contribution < 1.29 is 15.0 Å². The number of aliphatic carboxylic acids is 1. The van der Waals surface area contributed by atoms with Crippen molar-refractivity contribution in [2.45, 2.75) is 31.4 Å². The summed E-state index contributed by atoms with van der Waals surface area (Å²) in [6.07, 6.45) is 1.79. The number of hydrogen-bond acceptors (Lipinski definition) is 3. The molecule has 1 unspecified atom stereocenters. The van der Waals surface area contributed by atoms with Crippen LogP contribution in [-0.2, 0) is 17.6 Å². The fourth-order valence-corrected chi connectivity index (χ4v) is 2.12. The summed E-state index contributed by atoms with van der Waals surface area (Å²) in [6.45, 7) is 1.38. The smallest absolute Gasteiger partial charge is 0.336 e. The average Bonchev–Trinajstić information content (AvgIpc) is 2.69. The van der Waals surface area contributed by atoms with E-state index in [9.17, 15) is 9.90 Å². The van der Waals surface area contributed by atoms with Crippen LogP contribution in [-0.4, -0.2) is 34.4 Å². The van der Waals surface area contributed by atoms with Crippen LogP contribution in [0, 0.1) is 0 Å². The number of carboxylic acids is 1. The molecule has 92 valence electrons. The van der Waals surface area contributed by atoms with Crippen LogP contribution in [0.4, 0.5) is 0 Å². The number of carboxylic acid groups (broad SMARTS) is 1. The van der Waals surface area contributed by atoms with Crippen molar-refractivity contribution in [3.63, 3.8) is 0 Å². The Bertz CT molecular complexity index is 403. The lowest BCUT2D eigenvalue weighted by Crippen LogP contribution is -2.48. The zero-order chi connectivity index (χ0) is 12.5. The summed E-state index contributed by atoms with van der Waals surface area (Å²) in [5.41, 5.74) is 0.911. The van der Waals surface area contributed by atoms with E-state index in [2.05, 4.69) is 17.4 Å². The summed E-state index contributed by atoms with van der Waals surface area (Å²) in [6, 6.07) is 8.42. The van der Waals surface area contributed by atoms with Gasteiger partial charge in [0.05, 0.1) is 0 Å². The maximum Gasteiger partial charge on any atom is 0.336 e. The minimum Gasteiger partial charge on any atom is -0.479 e. The van der Waals surface area contributed by atoms with Gasteiger partial charge in [-0.3, -0.25) is 0 Å². The minimum atomic E-state index is -1.70. The molecule has 1 atom stereocenters. The van der Waals surface area contributed by atoms with Crippen LogP contribution in [0.5, 0.6) is 0 Å². The molecule has 0 spiro atoms. The van der Waals surface area contributed by atoms with E-state index in [0.29, 0.717) is 0 Å². The Labute approximate surface area is 100 Å². The van der Waals surface area contributed by atoms with Gasteiger partial charge >= 0.3 is 5.97 Å². The highest BCUT2D eigenvalue weighted by atomic mass is 16.4. The van der Waals surface area contributed by atoms with Gasteiger partial charge in [0.2, 0.25) is 0 Å². The van der Waals surface area contributed by atoms with E-state index in [-0.39, 0.29) is 12.6 Å². The molecule has 0 heterocycles. The van der Waals surface area contributed by atoms with Gasteiger partial charge in [0.1, 0.15) is 0 Å². The van der Waals surface area contributed by atoms with Crippen LogP contribution in [0.3, 0.4) is 0 Å². The summed E-state index contributed by atoms with van der Waals surface area (Å²) in [5, 5.41) is 21.5. The molecule has 4 heteroatoms. The molecule has 0 radical (unpaired) electrons. The van der Waals surface area contributed by atoms with Gasteiger partial charge in [-0.2, -0.15) is 0 Å². The average molecular weight is 235 g/mol. The molecular weight excluding hydrogens is 218 g/mol. The molecule has 1 aromatic rings. The maximum atomic E-state index is 10.8. The molecule has 0 fully saturated rings. The largest absolute Gasteiger partial charge is 0.479 e. The van der Waals surface area contributed by atoms with E-state index in [1.807, 2.05) is 12.1 Å². The number of nitrogens with one attached hydrogen (secondary N) is 1. The van der Waals surface area contributed by atoms with Crippen LogP contribution in [0.2, 0.25) is 0 Å². The first-order valence-corrected chi connectivity index (χ1v) is 5.75. The van der Waals surface area contributed by atoms with E-state index < -0.39 is 11.6 Å². The molecule has 4 nitrogen and oxygen atoms in total. The first kappa shape index (κ1) is 12.1. The zero-order valence-corrected chi connectivity index (χ0v) is 9.81. The molecule has 0 saturated heterocycles. The second kappa shape index (κ2) is 4.47. The van der Waals surface area contributed by atoms with Crippen molar-refractivity contribution >= 4 is 5.97 Å². The molecule has 17 heavy (non-hydrogen) atoms. The molecule has 1 aliphatic rings. The Kier molecular flexibility index (Phi) is 3.17. The van der Waals surface area contributed by atoms with Gasteiger partial charge in [-0.25, -0.2) is 4.79 Å². The molecule has 0 amide bonds. The first-order valence-electron chi connectivity index (χ1n) is 5.75. The molecule has 2 rings (SSSR count). The van der Waals surface area contributed by atoms with Crippen molar-refractivity contribution in [1.82, 2.24) is 5.32 Å². The molecule has 3 N–H and O–H groups in total. The van der Waals surface area contributed by atoms with Crippen molar-refractivity contribution in [2.24, 2.45) is 0 Å². The minimum absolute atomic E-state index is 0.0704. The van der Waals surface area contributed by atoms with Gasteiger partial charge in [0.15, 0.2) is 5.60 Å². The lowest BCUT2D eigenvalue weighted by atomic mass is 10.1. The number of fused-ring (bicyclic) bond motifs is 1. The Morgan fingerprint density at radius 1 is 1.41 bits per heavy atom. The fourth-order valence-electron chi connectivity index (χ4n) is 2.12. The Hall–Kier alpha value is -1.39. The molecule has 0 bridgehead atoms. The van der Waals surface area contributed by atoms with Gasteiger partial charge < -0.3 is 15.5 Å². The van der Waals surface area contributed by atoms with Crippen molar-refractivity contribution in [2.75, 3.05) is 6.54 Å². The molecule has 1 aliphatic carbocycles.